The van der Waals surface area contributed by atoms with E-state index >= 15 is 0 Å². The van der Waals surface area contributed by atoms with Crippen LogP contribution in [0.3, 0.4) is 0 Å². The summed E-state index contributed by atoms with van der Waals surface area (Å²) in [6.45, 7) is 9.46. The van der Waals surface area contributed by atoms with Gasteiger partial charge in [0, 0.05) is 38.3 Å². The van der Waals surface area contributed by atoms with Crippen molar-refractivity contribution in [3.8, 4) is 5.75 Å². The Kier molecular flexibility index (Phi) is 16.8. The van der Waals surface area contributed by atoms with E-state index in [0.717, 1.165) is 38.5 Å². The topological polar surface area (TPSA) is 143 Å². The lowest BCUT2D eigenvalue weighted by Crippen LogP contribution is -2.51. The minimum Gasteiger partial charge on any atom is -0.493 e. The van der Waals surface area contributed by atoms with Crippen molar-refractivity contribution in [2.24, 2.45) is 28.9 Å². The molecule has 0 aliphatic heterocycles. The summed E-state index contributed by atoms with van der Waals surface area (Å²) in [7, 11) is 1.67. The minimum atomic E-state index is -0.930. The number of carbonyl (C=O) groups excluding carboxylic acids is 2. The van der Waals surface area contributed by atoms with E-state index in [2.05, 4.69) is 24.5 Å². The second kappa shape index (κ2) is 18.6. The largest absolute Gasteiger partial charge is 0.493 e. The number of carbonyl (C=O) groups is 2. The number of halogens is 1. The van der Waals surface area contributed by atoms with Crippen LogP contribution in [0.15, 0.2) is 24.3 Å². The van der Waals surface area contributed by atoms with Gasteiger partial charge in [-0.25, -0.2) is 0 Å². The molecule has 0 bridgehead atoms. The van der Waals surface area contributed by atoms with E-state index in [1.165, 1.54) is 0 Å². The van der Waals surface area contributed by atoms with Crippen LogP contribution < -0.4 is 21.1 Å². The molecule has 2 rings (SSSR count). The lowest BCUT2D eigenvalue weighted by molar-refractivity contribution is -0.137. The molecule has 0 saturated heterocycles. The average molecular weight is 600 g/mol. The zero-order chi connectivity index (χ0) is 29.7. The zero-order valence-electron chi connectivity index (χ0n) is 25.6. The Morgan fingerprint density at radius 3 is 2.39 bits per heavy atom. The van der Waals surface area contributed by atoms with Gasteiger partial charge in [-0.1, -0.05) is 52.7 Å². The van der Waals surface area contributed by atoms with E-state index in [4.69, 9.17) is 15.2 Å². The van der Waals surface area contributed by atoms with Crippen molar-refractivity contribution in [3.05, 3.63) is 29.8 Å². The van der Waals surface area contributed by atoms with E-state index < -0.39 is 23.7 Å². The lowest BCUT2D eigenvalue weighted by Gasteiger charge is -2.39. The van der Waals surface area contributed by atoms with E-state index in [9.17, 15) is 19.8 Å². The smallest absolute Gasteiger partial charge is 0.255 e. The molecule has 236 valence electrons. The summed E-state index contributed by atoms with van der Waals surface area (Å²) in [5.41, 5.74) is 6.11. The van der Waals surface area contributed by atoms with Crippen LogP contribution in [0.1, 0.15) is 83.0 Å². The first-order chi connectivity index (χ1) is 19.0. The van der Waals surface area contributed by atoms with Gasteiger partial charge in [-0.3, -0.25) is 9.59 Å². The lowest BCUT2D eigenvalue weighted by atomic mass is 9.69. The van der Waals surface area contributed by atoms with E-state index in [-0.39, 0.29) is 48.5 Å². The summed E-state index contributed by atoms with van der Waals surface area (Å²) < 4.78 is 10.9. The maximum absolute atomic E-state index is 13.0. The third-order valence-electron chi connectivity index (χ3n) is 8.38. The van der Waals surface area contributed by atoms with Crippen molar-refractivity contribution in [2.45, 2.75) is 90.9 Å². The fraction of sp³-hybridized carbons (Fsp3) is 0.742. The zero-order valence-corrected chi connectivity index (χ0v) is 26.4. The standard InChI is InChI=1S/C31H53N3O6.ClH/c1-21(2)22(19-33-29(37)23-12-6-9-15-28(23)40-17-11-10-16-39-5)18-25(32)27(36)20-34-30(38)31(3,4)24-13-7-8-14-26(24)35;/h6,9,12,15,21-22,24-27,35-36H,7-8,10-11,13-14,16-20,32H2,1-5H3,(H,33,37)(H,34,38);1H/t22-,24-,25+,26-,27+;/m1./s1. The maximum atomic E-state index is 13.0. The van der Waals surface area contributed by atoms with Crippen LogP contribution in [0.2, 0.25) is 0 Å². The highest BCUT2D eigenvalue weighted by molar-refractivity contribution is 5.96. The van der Waals surface area contributed by atoms with E-state index in [1.54, 1.807) is 19.2 Å². The predicted octanol–water partition coefficient (Wildman–Crippen LogP) is 3.69. The SMILES string of the molecule is COCCCCOc1ccccc1C(=O)NC[C@@H](C[C@H](N)[C@@H](O)CNC(=O)C(C)(C)[C@@H]1CCCC[C@H]1O)C(C)C.Cl. The quantitative estimate of drug-likeness (QED) is 0.172. The van der Waals surface area contributed by atoms with Gasteiger partial charge in [-0.05, 0) is 62.0 Å². The molecule has 2 amide bonds. The molecular weight excluding hydrogens is 546 g/mol. The number of hydrogen-bond donors (Lipinski definition) is 5. The number of rotatable bonds is 17. The number of ether oxygens (including phenoxy) is 2. The van der Waals surface area contributed by atoms with Gasteiger partial charge in [0.25, 0.3) is 5.91 Å². The summed E-state index contributed by atoms with van der Waals surface area (Å²) in [5.74, 6) is 0.285. The fourth-order valence-corrected chi connectivity index (χ4v) is 5.43. The first-order valence-electron chi connectivity index (χ1n) is 14.9. The van der Waals surface area contributed by atoms with Crippen molar-refractivity contribution in [2.75, 3.05) is 33.4 Å². The van der Waals surface area contributed by atoms with Crippen molar-refractivity contribution >= 4 is 24.2 Å². The first-order valence-corrected chi connectivity index (χ1v) is 14.9. The molecule has 1 aliphatic carbocycles. The Hall–Kier alpha value is -1.91. The number of amides is 2. The molecule has 0 aromatic heterocycles. The molecule has 9 nitrogen and oxygen atoms in total. The third-order valence-corrected chi connectivity index (χ3v) is 8.38. The van der Waals surface area contributed by atoms with Crippen LogP contribution >= 0.6 is 12.4 Å². The van der Waals surface area contributed by atoms with Gasteiger partial charge in [-0.2, -0.15) is 0 Å². The number of aliphatic hydroxyl groups is 2. The molecule has 41 heavy (non-hydrogen) atoms. The summed E-state index contributed by atoms with van der Waals surface area (Å²) in [5, 5.41) is 27.1. The molecule has 0 heterocycles. The van der Waals surface area contributed by atoms with E-state index in [1.807, 2.05) is 26.0 Å². The van der Waals surface area contributed by atoms with Gasteiger partial charge in [0.05, 0.1) is 24.4 Å². The molecular formula is C31H54ClN3O6. The van der Waals surface area contributed by atoms with Crippen LogP contribution in [-0.4, -0.2) is 73.7 Å². The van der Waals surface area contributed by atoms with Crippen molar-refractivity contribution < 1.29 is 29.3 Å². The molecule has 0 radical (unpaired) electrons. The van der Waals surface area contributed by atoms with Gasteiger partial charge in [-0.15, -0.1) is 12.4 Å². The number of para-hydroxylation sites is 1. The highest BCUT2D eigenvalue weighted by Gasteiger charge is 2.41. The number of nitrogens with two attached hydrogens (primary N) is 1. The summed E-state index contributed by atoms with van der Waals surface area (Å²) in [4.78, 5) is 26.0. The third kappa shape index (κ3) is 11.7. The number of nitrogens with one attached hydrogen (secondary N) is 2. The molecule has 1 aromatic carbocycles. The Labute approximate surface area is 252 Å². The highest BCUT2D eigenvalue weighted by atomic mass is 35.5. The van der Waals surface area contributed by atoms with Gasteiger partial charge in [0.2, 0.25) is 5.91 Å². The van der Waals surface area contributed by atoms with Gasteiger partial charge in [0.1, 0.15) is 5.75 Å². The molecule has 6 N–H and O–H groups in total. The normalized spacial score (nSPS) is 19.5. The van der Waals surface area contributed by atoms with Gasteiger partial charge in [0.15, 0.2) is 0 Å². The average Bonchev–Trinajstić information content (AvgIpc) is 2.93. The highest BCUT2D eigenvalue weighted by Crippen LogP contribution is 2.38. The molecule has 1 aliphatic rings. The fourth-order valence-electron chi connectivity index (χ4n) is 5.43. The van der Waals surface area contributed by atoms with Crippen molar-refractivity contribution in [1.29, 1.82) is 0 Å². The van der Waals surface area contributed by atoms with E-state index in [0.29, 0.717) is 37.5 Å². The molecule has 1 aromatic rings. The Morgan fingerprint density at radius 2 is 1.73 bits per heavy atom. The number of hydrogen-bond acceptors (Lipinski definition) is 7. The molecule has 5 atom stereocenters. The monoisotopic (exact) mass is 599 g/mol. The number of methoxy groups -OCH3 is 1. The maximum Gasteiger partial charge on any atom is 0.255 e. The molecule has 0 spiro atoms. The molecule has 0 unspecified atom stereocenters. The predicted molar refractivity (Wildman–Crippen MR) is 164 cm³/mol. The number of aliphatic hydroxyl groups excluding tert-OH is 2. The molecule has 10 heteroatoms. The van der Waals surface area contributed by atoms with Crippen LogP contribution in [0.25, 0.3) is 0 Å². The van der Waals surface area contributed by atoms with Crippen LogP contribution in [0.5, 0.6) is 5.75 Å². The molecule has 1 fully saturated rings. The second-order valence-corrected chi connectivity index (χ2v) is 12.1. The number of benzene rings is 1. The van der Waals surface area contributed by atoms with Crippen molar-refractivity contribution in [3.63, 3.8) is 0 Å². The second-order valence-electron chi connectivity index (χ2n) is 12.1. The summed E-state index contributed by atoms with van der Waals surface area (Å²) >= 11 is 0. The first kappa shape index (κ1) is 37.1. The van der Waals surface area contributed by atoms with Gasteiger partial charge >= 0.3 is 0 Å². The van der Waals surface area contributed by atoms with Crippen molar-refractivity contribution in [1.82, 2.24) is 10.6 Å². The summed E-state index contributed by atoms with van der Waals surface area (Å²) in [6, 6.07) is 6.62. The Balaban J connectivity index is 0.00000840. The van der Waals surface area contributed by atoms with Gasteiger partial charge < -0.3 is 36.1 Å². The molecule has 1 saturated carbocycles. The minimum absolute atomic E-state index is 0. The Morgan fingerprint density at radius 1 is 1.07 bits per heavy atom. The summed E-state index contributed by atoms with van der Waals surface area (Å²) in [6.07, 6.45) is 4.31. The Bertz CT molecular complexity index is 916. The van der Waals surface area contributed by atoms with Crippen LogP contribution in [0, 0.1) is 23.2 Å². The number of unbranched alkanes of at least 4 members (excludes halogenated alkanes) is 1. The van der Waals surface area contributed by atoms with Crippen LogP contribution in [-0.2, 0) is 9.53 Å². The van der Waals surface area contributed by atoms with Crippen LogP contribution in [0.4, 0.5) is 0 Å².